The summed E-state index contributed by atoms with van der Waals surface area (Å²) in [6.07, 6.45) is -0.791. The van der Waals surface area contributed by atoms with Crippen LogP contribution in [0.1, 0.15) is 42.5 Å². The van der Waals surface area contributed by atoms with E-state index in [0.29, 0.717) is 12.8 Å². The monoisotopic (exact) mass is 645 g/mol. The van der Waals surface area contributed by atoms with Crippen LogP contribution in [0.3, 0.4) is 0 Å². The molecule has 0 radical (unpaired) electrons. The normalized spacial score (nSPS) is 14.3. The minimum atomic E-state index is -5.08. The van der Waals surface area contributed by atoms with Gasteiger partial charge in [-0.25, -0.2) is 14.4 Å². The second-order valence-electron chi connectivity index (χ2n) is 8.48. The Kier molecular flexibility index (Phi) is 12.2. The number of hydrogen-bond donors (Lipinski definition) is 5. The standard InChI is InChI=1S/C22H21Cl4N3O4.C2HF3O2/c23-13-7-4-8-14(24)19(13)29-22(33)27-17-10-16(26)15(25)9-12(17)20(30)28-18(21(31)32)11-5-2-1-3-6-11;3-2(4,5)1(6)7/h4,7-11,18H,1-3,5-6H2,(H,28,30)(H,31,32)(H2,27,29,33);(H,6,7)/t18-;/m0./s1. The van der Waals surface area contributed by atoms with E-state index in [2.05, 4.69) is 16.0 Å². The summed E-state index contributed by atoms with van der Waals surface area (Å²) in [5.41, 5.74) is 0.190. The fourth-order valence-corrected chi connectivity index (χ4v) is 4.61. The first-order chi connectivity index (χ1) is 18.6. The molecule has 3 amide bonds. The summed E-state index contributed by atoms with van der Waals surface area (Å²) < 4.78 is 31.7. The highest BCUT2D eigenvalue weighted by Crippen LogP contribution is 2.32. The van der Waals surface area contributed by atoms with E-state index in [1.54, 1.807) is 18.2 Å². The van der Waals surface area contributed by atoms with Crippen molar-refractivity contribution in [3.05, 3.63) is 56.0 Å². The number of carbonyl (C=O) groups excluding carboxylic acids is 2. The van der Waals surface area contributed by atoms with Crippen molar-refractivity contribution in [2.75, 3.05) is 10.6 Å². The largest absolute Gasteiger partial charge is 0.490 e. The van der Waals surface area contributed by atoms with Crippen molar-refractivity contribution >= 4 is 81.7 Å². The molecule has 16 heteroatoms. The number of benzene rings is 2. The molecule has 218 valence electrons. The van der Waals surface area contributed by atoms with Gasteiger partial charge in [0, 0.05) is 0 Å². The Morgan fingerprint density at radius 1 is 0.850 bits per heavy atom. The van der Waals surface area contributed by atoms with Gasteiger partial charge in [-0.2, -0.15) is 13.2 Å². The van der Waals surface area contributed by atoms with E-state index in [-0.39, 0.29) is 42.9 Å². The highest BCUT2D eigenvalue weighted by Gasteiger charge is 2.38. The van der Waals surface area contributed by atoms with Gasteiger partial charge in [0.15, 0.2) is 0 Å². The summed E-state index contributed by atoms with van der Waals surface area (Å²) in [4.78, 5) is 46.4. The van der Waals surface area contributed by atoms with Crippen LogP contribution in [0.4, 0.5) is 29.3 Å². The van der Waals surface area contributed by atoms with Crippen molar-refractivity contribution in [1.29, 1.82) is 0 Å². The van der Waals surface area contributed by atoms with E-state index in [1.165, 1.54) is 12.1 Å². The average Bonchev–Trinajstić information content (AvgIpc) is 2.87. The third kappa shape index (κ3) is 9.61. The summed E-state index contributed by atoms with van der Waals surface area (Å²) in [6, 6.07) is 5.52. The number of aliphatic carboxylic acids is 2. The number of para-hydroxylation sites is 1. The second-order valence-corrected chi connectivity index (χ2v) is 10.1. The molecule has 1 aliphatic rings. The van der Waals surface area contributed by atoms with Crippen molar-refractivity contribution in [2.45, 2.75) is 44.3 Å². The van der Waals surface area contributed by atoms with Crippen LogP contribution in [0.5, 0.6) is 0 Å². The van der Waals surface area contributed by atoms with Crippen LogP contribution in [0.2, 0.25) is 20.1 Å². The van der Waals surface area contributed by atoms with E-state index < -0.39 is 36.1 Å². The van der Waals surface area contributed by atoms with Gasteiger partial charge in [0.2, 0.25) is 0 Å². The number of carboxylic acid groups (broad SMARTS) is 2. The summed E-state index contributed by atoms with van der Waals surface area (Å²) in [6.45, 7) is 0. The maximum absolute atomic E-state index is 13.0. The molecule has 0 aliphatic heterocycles. The van der Waals surface area contributed by atoms with E-state index in [9.17, 15) is 32.7 Å². The molecule has 0 heterocycles. The van der Waals surface area contributed by atoms with Crippen LogP contribution < -0.4 is 16.0 Å². The number of hydrogen-bond acceptors (Lipinski definition) is 4. The molecule has 1 saturated carbocycles. The first kappa shape index (κ1) is 33.3. The van der Waals surface area contributed by atoms with Crippen LogP contribution in [0.25, 0.3) is 0 Å². The number of nitrogens with one attached hydrogen (secondary N) is 3. The molecule has 0 spiro atoms. The molecule has 0 aromatic heterocycles. The summed E-state index contributed by atoms with van der Waals surface area (Å²) in [5.74, 6) is -4.74. The molecule has 2 aromatic carbocycles. The average molecular weight is 647 g/mol. The smallest absolute Gasteiger partial charge is 0.480 e. The van der Waals surface area contributed by atoms with Crippen molar-refractivity contribution < 1.29 is 42.6 Å². The van der Waals surface area contributed by atoms with Gasteiger partial charge in [0.25, 0.3) is 5.91 Å². The third-order valence-corrected chi connectivity index (χ3v) is 7.02. The zero-order valence-corrected chi connectivity index (χ0v) is 23.3. The lowest BCUT2D eigenvalue weighted by atomic mass is 9.84. The lowest BCUT2D eigenvalue weighted by Gasteiger charge is -2.28. The Bertz CT molecular complexity index is 1250. The molecular weight excluding hydrogens is 625 g/mol. The zero-order valence-electron chi connectivity index (χ0n) is 20.3. The van der Waals surface area contributed by atoms with Crippen molar-refractivity contribution in [3.8, 4) is 0 Å². The predicted molar refractivity (Wildman–Crippen MR) is 145 cm³/mol. The maximum atomic E-state index is 13.0. The number of carbonyl (C=O) groups is 4. The fourth-order valence-electron chi connectivity index (χ4n) is 3.79. The van der Waals surface area contributed by atoms with Crippen molar-refractivity contribution in [3.63, 3.8) is 0 Å². The molecule has 2 aromatic rings. The van der Waals surface area contributed by atoms with Gasteiger partial charge in [0.1, 0.15) is 6.04 Å². The Hall–Kier alpha value is -2.93. The Morgan fingerprint density at radius 2 is 1.38 bits per heavy atom. The molecule has 0 unspecified atom stereocenters. The first-order valence-corrected chi connectivity index (χ1v) is 13.0. The molecule has 5 N–H and O–H groups in total. The molecule has 1 fully saturated rings. The number of amides is 3. The highest BCUT2D eigenvalue weighted by atomic mass is 35.5. The van der Waals surface area contributed by atoms with E-state index in [0.717, 1.165) is 19.3 Å². The SMILES string of the molecule is O=C(Nc1cc(Cl)c(Cl)cc1C(=O)N[C@H](C(=O)O)C1CCCCC1)Nc1c(Cl)cccc1Cl.O=C(O)C(F)(F)F. The molecule has 40 heavy (non-hydrogen) atoms. The molecule has 3 rings (SSSR count). The van der Waals surface area contributed by atoms with Crippen molar-refractivity contribution in [2.24, 2.45) is 5.92 Å². The number of halogens is 7. The number of rotatable bonds is 6. The van der Waals surface area contributed by atoms with Crippen LogP contribution in [-0.2, 0) is 9.59 Å². The number of carboxylic acids is 2. The third-order valence-electron chi connectivity index (χ3n) is 5.67. The quantitative estimate of drug-likeness (QED) is 0.222. The van der Waals surface area contributed by atoms with E-state index >= 15 is 0 Å². The minimum absolute atomic E-state index is 0.0353. The van der Waals surface area contributed by atoms with Gasteiger partial charge < -0.3 is 26.2 Å². The lowest BCUT2D eigenvalue weighted by molar-refractivity contribution is -0.192. The maximum Gasteiger partial charge on any atom is 0.490 e. The number of urea groups is 1. The molecular formula is C24H22Cl4F3N3O6. The molecule has 9 nitrogen and oxygen atoms in total. The second kappa shape index (κ2) is 14.6. The van der Waals surface area contributed by atoms with Crippen LogP contribution >= 0.6 is 46.4 Å². The Morgan fingerprint density at radius 3 is 1.88 bits per heavy atom. The van der Waals surface area contributed by atoms with E-state index in [1.807, 2.05) is 0 Å². The van der Waals surface area contributed by atoms with Gasteiger partial charge in [-0.3, -0.25) is 4.79 Å². The van der Waals surface area contributed by atoms with Crippen LogP contribution in [-0.4, -0.2) is 46.3 Å². The molecule has 1 atom stereocenters. The summed E-state index contributed by atoms with van der Waals surface area (Å²) in [7, 11) is 0. The highest BCUT2D eigenvalue weighted by molar-refractivity contribution is 6.42. The summed E-state index contributed by atoms with van der Waals surface area (Å²) in [5, 5.41) is 25.1. The fraction of sp³-hybridized carbons (Fsp3) is 0.333. The number of anilines is 2. The molecule has 0 saturated heterocycles. The van der Waals surface area contributed by atoms with Gasteiger partial charge >= 0.3 is 24.1 Å². The lowest BCUT2D eigenvalue weighted by Crippen LogP contribution is -2.46. The first-order valence-electron chi connectivity index (χ1n) is 11.5. The topological polar surface area (TPSA) is 145 Å². The van der Waals surface area contributed by atoms with Gasteiger partial charge in [0.05, 0.1) is 37.0 Å². The zero-order chi connectivity index (χ0) is 30.2. The Balaban J connectivity index is 0.000000708. The predicted octanol–water partition coefficient (Wildman–Crippen LogP) is 7.34. The number of alkyl halides is 3. The molecule has 1 aliphatic carbocycles. The van der Waals surface area contributed by atoms with Crippen molar-refractivity contribution in [1.82, 2.24) is 5.32 Å². The van der Waals surface area contributed by atoms with Gasteiger partial charge in [-0.1, -0.05) is 71.7 Å². The minimum Gasteiger partial charge on any atom is -0.480 e. The van der Waals surface area contributed by atoms with Crippen LogP contribution in [0.15, 0.2) is 30.3 Å². The summed E-state index contributed by atoms with van der Waals surface area (Å²) >= 11 is 24.3. The van der Waals surface area contributed by atoms with Crippen LogP contribution in [0, 0.1) is 5.92 Å². The van der Waals surface area contributed by atoms with Gasteiger partial charge in [-0.05, 0) is 43.0 Å². The Labute approximate surface area is 245 Å². The van der Waals surface area contributed by atoms with E-state index in [4.69, 9.17) is 56.3 Å². The van der Waals surface area contributed by atoms with Gasteiger partial charge in [-0.15, -0.1) is 0 Å². The molecule has 0 bridgehead atoms.